The number of benzene rings is 1. The average Bonchev–Trinajstić information content (AvgIpc) is 2.44. The minimum Gasteiger partial charge on any atom is -0.385 e. The van der Waals surface area contributed by atoms with Crippen LogP contribution in [0.25, 0.3) is 0 Å². The number of aliphatic hydroxyl groups is 1. The number of hydrogen-bond acceptors (Lipinski definition) is 3. The summed E-state index contributed by atoms with van der Waals surface area (Å²) in [6.45, 7) is 2.18. The molecule has 4 heteroatoms. The summed E-state index contributed by atoms with van der Waals surface area (Å²) in [6, 6.07) is 6.91. The number of fused-ring (bicyclic) bond motifs is 1. The third-order valence-corrected chi connectivity index (χ3v) is 5.97. The normalized spacial score (nSPS) is 24.3. The summed E-state index contributed by atoms with van der Waals surface area (Å²) < 4.78 is 24.1. The molecule has 1 aromatic rings. The van der Waals surface area contributed by atoms with Crippen LogP contribution in [0.1, 0.15) is 57.4 Å². The van der Waals surface area contributed by atoms with Gasteiger partial charge in [0, 0.05) is 5.56 Å². The lowest BCUT2D eigenvalue weighted by molar-refractivity contribution is 0.0164. The predicted octanol–water partition coefficient (Wildman–Crippen LogP) is 3.41. The molecule has 3 nitrogen and oxygen atoms in total. The molecule has 0 fully saturated rings. The Morgan fingerprint density at radius 1 is 1.15 bits per heavy atom. The highest BCUT2D eigenvalue weighted by atomic mass is 32.2. The summed E-state index contributed by atoms with van der Waals surface area (Å²) in [5, 5.41) is 10.8. The molecule has 1 aromatic carbocycles. The Kier molecular flexibility index (Phi) is 4.86. The van der Waals surface area contributed by atoms with Crippen molar-refractivity contribution in [1.82, 2.24) is 0 Å². The molecule has 0 saturated carbocycles. The van der Waals surface area contributed by atoms with Crippen molar-refractivity contribution in [1.29, 1.82) is 0 Å². The number of hydrogen-bond donors (Lipinski definition) is 1. The summed E-state index contributed by atoms with van der Waals surface area (Å²) in [4.78, 5) is 0.322. The zero-order valence-electron chi connectivity index (χ0n) is 12.1. The van der Waals surface area contributed by atoms with Crippen molar-refractivity contribution in [3.05, 3.63) is 29.8 Å². The van der Waals surface area contributed by atoms with E-state index in [0.29, 0.717) is 23.3 Å². The molecule has 0 spiro atoms. The van der Waals surface area contributed by atoms with Gasteiger partial charge in [-0.25, -0.2) is 8.42 Å². The smallest absolute Gasteiger partial charge is 0.178 e. The number of sulfone groups is 1. The fraction of sp³-hybridized carbons (Fsp3) is 0.625. The van der Waals surface area contributed by atoms with E-state index >= 15 is 0 Å². The van der Waals surface area contributed by atoms with Crippen LogP contribution in [0.5, 0.6) is 0 Å². The maximum atomic E-state index is 12.1. The summed E-state index contributed by atoms with van der Waals surface area (Å²) in [5.41, 5.74) is -0.365. The number of unbranched alkanes of at least 4 members (excludes halogenated alkanes) is 4. The van der Waals surface area contributed by atoms with E-state index in [-0.39, 0.29) is 5.75 Å². The van der Waals surface area contributed by atoms with Crippen molar-refractivity contribution in [3.63, 3.8) is 0 Å². The van der Waals surface area contributed by atoms with E-state index in [1.54, 1.807) is 18.2 Å². The van der Waals surface area contributed by atoms with Gasteiger partial charge in [-0.05, 0) is 18.9 Å². The van der Waals surface area contributed by atoms with E-state index in [1.807, 2.05) is 6.07 Å². The van der Waals surface area contributed by atoms with Gasteiger partial charge in [-0.15, -0.1) is 0 Å². The van der Waals surface area contributed by atoms with Crippen LogP contribution < -0.4 is 0 Å². The largest absolute Gasteiger partial charge is 0.385 e. The second kappa shape index (κ2) is 6.27. The summed E-state index contributed by atoms with van der Waals surface area (Å²) in [5.74, 6) is 0.0511. The molecule has 1 N–H and O–H groups in total. The van der Waals surface area contributed by atoms with Gasteiger partial charge in [0.25, 0.3) is 0 Å². The van der Waals surface area contributed by atoms with E-state index in [2.05, 4.69) is 6.92 Å². The monoisotopic (exact) mass is 296 g/mol. The highest BCUT2D eigenvalue weighted by Crippen LogP contribution is 2.40. The fourth-order valence-corrected chi connectivity index (χ4v) is 4.66. The lowest BCUT2D eigenvalue weighted by atomic mass is 9.85. The lowest BCUT2D eigenvalue weighted by Gasteiger charge is -2.34. The van der Waals surface area contributed by atoms with Crippen molar-refractivity contribution in [2.45, 2.75) is 62.4 Å². The highest BCUT2D eigenvalue weighted by molar-refractivity contribution is 7.91. The fourth-order valence-electron chi connectivity index (χ4n) is 2.95. The first kappa shape index (κ1) is 15.5. The Labute approximate surface area is 121 Å². The van der Waals surface area contributed by atoms with E-state index < -0.39 is 15.4 Å². The Hall–Kier alpha value is -0.870. The highest BCUT2D eigenvalue weighted by Gasteiger charge is 2.39. The zero-order valence-corrected chi connectivity index (χ0v) is 13.0. The molecule has 0 aromatic heterocycles. The summed E-state index contributed by atoms with van der Waals surface area (Å²) in [7, 11) is -3.21. The maximum Gasteiger partial charge on any atom is 0.178 e. The quantitative estimate of drug-likeness (QED) is 0.818. The minimum absolute atomic E-state index is 0.0511. The van der Waals surface area contributed by atoms with Crippen molar-refractivity contribution >= 4 is 9.84 Å². The third kappa shape index (κ3) is 3.23. The topological polar surface area (TPSA) is 54.4 Å². The molecule has 0 aliphatic carbocycles. The molecular weight excluding hydrogens is 272 g/mol. The number of rotatable bonds is 6. The van der Waals surface area contributed by atoms with Crippen LogP contribution in [0.15, 0.2) is 29.2 Å². The van der Waals surface area contributed by atoms with E-state index in [1.165, 1.54) is 19.3 Å². The van der Waals surface area contributed by atoms with Crippen molar-refractivity contribution in [2.75, 3.05) is 5.75 Å². The Morgan fingerprint density at radius 3 is 2.60 bits per heavy atom. The van der Waals surface area contributed by atoms with E-state index in [0.717, 1.165) is 12.8 Å². The molecule has 1 unspecified atom stereocenters. The molecule has 1 aliphatic heterocycles. The van der Waals surface area contributed by atoms with Gasteiger partial charge in [0.15, 0.2) is 9.84 Å². The molecule has 2 rings (SSSR count). The first-order valence-electron chi connectivity index (χ1n) is 7.54. The first-order valence-corrected chi connectivity index (χ1v) is 9.19. The molecule has 1 atom stereocenters. The Balaban J connectivity index is 2.12. The molecule has 0 radical (unpaired) electrons. The van der Waals surface area contributed by atoms with Gasteiger partial charge in [0.1, 0.15) is 0 Å². The molecule has 1 aliphatic rings. The van der Waals surface area contributed by atoms with Crippen molar-refractivity contribution in [3.8, 4) is 0 Å². The maximum absolute atomic E-state index is 12.1. The molecule has 1 heterocycles. The Bertz CT molecular complexity index is 551. The SMILES string of the molecule is CCCCCCCC1(O)CCS(=O)(=O)c2ccccc21. The van der Waals surface area contributed by atoms with Crippen LogP contribution in [-0.4, -0.2) is 19.3 Å². The van der Waals surface area contributed by atoms with Crippen LogP contribution in [0.2, 0.25) is 0 Å². The standard InChI is InChI=1S/C16H24O3S/c1-2-3-4-5-8-11-16(17)12-13-20(18,19)15-10-7-6-9-14(15)16/h6-7,9-10,17H,2-5,8,11-13H2,1H3. The van der Waals surface area contributed by atoms with E-state index in [9.17, 15) is 13.5 Å². The Morgan fingerprint density at radius 2 is 1.85 bits per heavy atom. The van der Waals surface area contributed by atoms with E-state index in [4.69, 9.17) is 0 Å². The van der Waals surface area contributed by atoms with Crippen LogP contribution >= 0.6 is 0 Å². The van der Waals surface area contributed by atoms with Crippen LogP contribution in [0.4, 0.5) is 0 Å². The molecule has 112 valence electrons. The van der Waals surface area contributed by atoms with Gasteiger partial charge in [-0.3, -0.25) is 0 Å². The molecule has 20 heavy (non-hydrogen) atoms. The summed E-state index contributed by atoms with van der Waals surface area (Å²) in [6.07, 6.45) is 6.64. The van der Waals surface area contributed by atoms with Crippen LogP contribution in [0.3, 0.4) is 0 Å². The molecule has 0 bridgehead atoms. The van der Waals surface area contributed by atoms with Crippen molar-refractivity contribution in [2.24, 2.45) is 0 Å². The second-order valence-electron chi connectivity index (χ2n) is 5.76. The van der Waals surface area contributed by atoms with Crippen molar-refractivity contribution < 1.29 is 13.5 Å². The molecule has 0 amide bonds. The second-order valence-corrected chi connectivity index (χ2v) is 7.84. The average molecular weight is 296 g/mol. The van der Waals surface area contributed by atoms with Crippen LogP contribution in [0, 0.1) is 0 Å². The third-order valence-electron chi connectivity index (χ3n) is 4.20. The summed E-state index contributed by atoms with van der Waals surface area (Å²) >= 11 is 0. The first-order chi connectivity index (χ1) is 9.49. The van der Waals surface area contributed by atoms with Gasteiger partial charge < -0.3 is 5.11 Å². The lowest BCUT2D eigenvalue weighted by Crippen LogP contribution is -2.35. The zero-order chi connectivity index (χ0) is 14.6. The molecular formula is C16H24O3S. The van der Waals surface area contributed by atoms with Crippen LogP contribution in [-0.2, 0) is 15.4 Å². The molecule has 0 saturated heterocycles. The van der Waals surface area contributed by atoms with Gasteiger partial charge in [0.2, 0.25) is 0 Å². The van der Waals surface area contributed by atoms with Gasteiger partial charge in [-0.2, -0.15) is 0 Å². The minimum atomic E-state index is -3.21. The predicted molar refractivity (Wildman–Crippen MR) is 80.4 cm³/mol. The van der Waals surface area contributed by atoms with Gasteiger partial charge >= 0.3 is 0 Å². The van der Waals surface area contributed by atoms with Gasteiger partial charge in [0.05, 0.1) is 16.2 Å². The van der Waals surface area contributed by atoms with Gasteiger partial charge in [-0.1, -0.05) is 57.2 Å².